The minimum Gasteiger partial charge on any atom is -0.370 e. The van der Waals surface area contributed by atoms with E-state index in [1.54, 1.807) is 36.4 Å². The molecule has 2 aromatic carbocycles. The highest BCUT2D eigenvalue weighted by Gasteiger charge is 2.15. The Kier molecular flexibility index (Phi) is 6.00. The van der Waals surface area contributed by atoms with Gasteiger partial charge in [0.15, 0.2) is 5.78 Å². The van der Waals surface area contributed by atoms with E-state index in [1.165, 1.54) is 12.1 Å². The summed E-state index contributed by atoms with van der Waals surface area (Å²) in [4.78, 5) is 23.3. The first-order valence-electron chi connectivity index (χ1n) is 7.39. The summed E-state index contributed by atoms with van der Waals surface area (Å²) in [6.07, 6.45) is 0.602. The molecule has 0 spiro atoms. The van der Waals surface area contributed by atoms with Crippen molar-refractivity contribution < 1.29 is 14.0 Å². The molecule has 0 saturated carbocycles. The number of primary amides is 1. The van der Waals surface area contributed by atoms with Gasteiger partial charge in [-0.15, -0.1) is 0 Å². The molecule has 4 nitrogen and oxygen atoms in total. The van der Waals surface area contributed by atoms with E-state index >= 15 is 0 Å². The van der Waals surface area contributed by atoms with Crippen LogP contribution in [0.15, 0.2) is 54.6 Å². The minimum absolute atomic E-state index is 0.0563. The summed E-state index contributed by atoms with van der Waals surface area (Å²) in [5.74, 6) is -0.816. The third-order valence-corrected chi connectivity index (χ3v) is 3.49. The predicted octanol–water partition coefficient (Wildman–Crippen LogP) is 2.08. The molecule has 0 aliphatic rings. The Labute approximate surface area is 134 Å². The first kappa shape index (κ1) is 16.8. The number of rotatable bonds is 8. The number of amides is 1. The Bertz CT molecular complexity index is 656. The second-order valence-corrected chi connectivity index (χ2v) is 5.37. The lowest BCUT2D eigenvalue weighted by molar-refractivity contribution is -0.118. The molecule has 0 aromatic heterocycles. The van der Waals surface area contributed by atoms with E-state index in [0.717, 1.165) is 5.56 Å². The second-order valence-electron chi connectivity index (χ2n) is 5.37. The zero-order valence-electron chi connectivity index (χ0n) is 12.7. The molecular formula is C18H19FN2O2. The van der Waals surface area contributed by atoms with Gasteiger partial charge in [-0.05, 0) is 24.1 Å². The van der Waals surface area contributed by atoms with Crippen LogP contribution in [-0.2, 0) is 11.2 Å². The van der Waals surface area contributed by atoms with Gasteiger partial charge < -0.3 is 11.1 Å². The zero-order valence-corrected chi connectivity index (χ0v) is 12.7. The average Bonchev–Trinajstić information content (AvgIpc) is 2.55. The quantitative estimate of drug-likeness (QED) is 0.733. The number of benzene rings is 2. The van der Waals surface area contributed by atoms with E-state index in [2.05, 4.69) is 5.32 Å². The zero-order chi connectivity index (χ0) is 16.7. The molecule has 5 heteroatoms. The molecule has 2 rings (SSSR count). The Morgan fingerprint density at radius 3 is 2.30 bits per heavy atom. The number of nitrogens with two attached hydrogens (primary N) is 1. The molecule has 3 N–H and O–H groups in total. The predicted molar refractivity (Wildman–Crippen MR) is 86.5 cm³/mol. The molecule has 1 amide bonds. The van der Waals surface area contributed by atoms with Crippen LogP contribution >= 0.6 is 0 Å². The Hall–Kier alpha value is -2.53. The van der Waals surface area contributed by atoms with E-state index in [9.17, 15) is 14.0 Å². The molecule has 0 bridgehead atoms. The van der Waals surface area contributed by atoms with Crippen LogP contribution in [0.2, 0.25) is 0 Å². The third-order valence-electron chi connectivity index (χ3n) is 3.49. The van der Waals surface area contributed by atoms with Gasteiger partial charge in [-0.25, -0.2) is 4.39 Å². The summed E-state index contributed by atoms with van der Waals surface area (Å²) >= 11 is 0. The molecule has 23 heavy (non-hydrogen) atoms. The maximum atomic E-state index is 12.9. The number of nitrogens with one attached hydrogen (secondary N) is 1. The molecule has 1 atom stereocenters. The molecule has 2 aromatic rings. The second kappa shape index (κ2) is 8.19. The van der Waals surface area contributed by atoms with Crippen LogP contribution in [0, 0.1) is 5.82 Å². The number of hydrogen-bond donors (Lipinski definition) is 2. The number of hydrogen-bond acceptors (Lipinski definition) is 3. The molecular weight excluding hydrogens is 295 g/mol. The largest absolute Gasteiger partial charge is 0.370 e. The topological polar surface area (TPSA) is 72.2 Å². The fraction of sp³-hybridized carbons (Fsp3) is 0.222. The number of carbonyl (C=O) groups is 2. The average molecular weight is 314 g/mol. The van der Waals surface area contributed by atoms with Crippen molar-refractivity contribution in [1.29, 1.82) is 0 Å². The van der Waals surface area contributed by atoms with Crippen molar-refractivity contribution in [3.8, 4) is 0 Å². The van der Waals surface area contributed by atoms with Crippen LogP contribution in [-0.4, -0.2) is 24.3 Å². The minimum atomic E-state index is -0.447. The first-order valence-corrected chi connectivity index (χ1v) is 7.39. The van der Waals surface area contributed by atoms with Crippen LogP contribution in [0.4, 0.5) is 4.39 Å². The van der Waals surface area contributed by atoms with Crippen LogP contribution in [0.3, 0.4) is 0 Å². The van der Waals surface area contributed by atoms with E-state index in [0.29, 0.717) is 12.0 Å². The van der Waals surface area contributed by atoms with Crippen LogP contribution < -0.4 is 11.1 Å². The Morgan fingerprint density at radius 1 is 1.04 bits per heavy atom. The number of carbonyl (C=O) groups excluding carboxylic acids is 2. The molecule has 0 saturated heterocycles. The normalized spacial score (nSPS) is 11.9. The lowest BCUT2D eigenvalue weighted by atomic mass is 10.0. The van der Waals surface area contributed by atoms with Gasteiger partial charge in [0.25, 0.3) is 0 Å². The van der Waals surface area contributed by atoms with Crippen molar-refractivity contribution in [3.63, 3.8) is 0 Å². The summed E-state index contributed by atoms with van der Waals surface area (Å²) in [6, 6.07) is 14.7. The summed E-state index contributed by atoms with van der Waals surface area (Å²) in [7, 11) is 0. The Balaban J connectivity index is 1.96. The van der Waals surface area contributed by atoms with Gasteiger partial charge in [0.2, 0.25) is 5.91 Å². The van der Waals surface area contributed by atoms with Crippen LogP contribution in [0.5, 0.6) is 0 Å². The van der Waals surface area contributed by atoms with Crippen molar-refractivity contribution in [1.82, 2.24) is 5.32 Å². The third kappa shape index (κ3) is 5.64. The van der Waals surface area contributed by atoms with Crippen LogP contribution in [0.1, 0.15) is 22.3 Å². The van der Waals surface area contributed by atoms with E-state index < -0.39 is 5.91 Å². The van der Waals surface area contributed by atoms with Crippen molar-refractivity contribution in [2.75, 3.05) is 6.54 Å². The number of Topliss-reactive ketones (excluding diaryl/α,β-unsaturated/α-hetero) is 1. The van der Waals surface area contributed by atoms with E-state index in [1.807, 2.05) is 6.07 Å². The molecule has 0 heterocycles. The standard InChI is InChI=1S/C18H19FN2O2/c19-15-8-6-13(7-9-15)10-16(11-18(20)23)21-12-17(22)14-4-2-1-3-5-14/h1-9,16,21H,10-12H2,(H2,20,23). The Morgan fingerprint density at radius 2 is 1.70 bits per heavy atom. The van der Waals surface area contributed by atoms with Crippen molar-refractivity contribution in [2.45, 2.75) is 18.9 Å². The molecule has 1 unspecified atom stereocenters. The molecule has 0 aliphatic carbocycles. The van der Waals surface area contributed by atoms with Crippen LogP contribution in [0.25, 0.3) is 0 Å². The maximum absolute atomic E-state index is 12.9. The summed E-state index contributed by atoms with van der Waals surface area (Å²) < 4.78 is 12.9. The maximum Gasteiger partial charge on any atom is 0.218 e. The van der Waals surface area contributed by atoms with Gasteiger partial charge in [0, 0.05) is 18.0 Å². The number of halogens is 1. The van der Waals surface area contributed by atoms with Gasteiger partial charge in [-0.1, -0.05) is 42.5 Å². The van der Waals surface area contributed by atoms with Crippen molar-refractivity contribution >= 4 is 11.7 Å². The first-order chi connectivity index (χ1) is 11.0. The lowest BCUT2D eigenvalue weighted by Gasteiger charge is -2.17. The van der Waals surface area contributed by atoms with Crippen molar-refractivity contribution in [2.24, 2.45) is 5.73 Å². The van der Waals surface area contributed by atoms with Gasteiger partial charge in [-0.2, -0.15) is 0 Å². The van der Waals surface area contributed by atoms with Gasteiger partial charge in [0.1, 0.15) is 5.82 Å². The summed E-state index contributed by atoms with van der Waals surface area (Å²) in [5.41, 5.74) is 6.75. The molecule has 0 aliphatic heterocycles. The summed E-state index contributed by atoms with van der Waals surface area (Å²) in [6.45, 7) is 0.114. The lowest BCUT2D eigenvalue weighted by Crippen LogP contribution is -2.38. The molecule has 120 valence electrons. The van der Waals surface area contributed by atoms with Gasteiger partial charge >= 0.3 is 0 Å². The fourth-order valence-electron chi connectivity index (χ4n) is 2.33. The number of ketones is 1. The molecule has 0 radical (unpaired) electrons. The van der Waals surface area contributed by atoms with Gasteiger partial charge in [-0.3, -0.25) is 9.59 Å². The SMILES string of the molecule is NC(=O)CC(Cc1ccc(F)cc1)NCC(=O)c1ccccc1. The highest BCUT2D eigenvalue weighted by atomic mass is 19.1. The van der Waals surface area contributed by atoms with Gasteiger partial charge in [0.05, 0.1) is 6.54 Å². The molecule has 0 fully saturated rings. The van der Waals surface area contributed by atoms with E-state index in [4.69, 9.17) is 5.73 Å². The fourth-order valence-corrected chi connectivity index (χ4v) is 2.33. The smallest absolute Gasteiger partial charge is 0.218 e. The highest BCUT2D eigenvalue weighted by molar-refractivity contribution is 5.97. The van der Waals surface area contributed by atoms with Crippen molar-refractivity contribution in [3.05, 3.63) is 71.5 Å². The van der Waals surface area contributed by atoms with E-state index in [-0.39, 0.29) is 30.6 Å². The highest BCUT2D eigenvalue weighted by Crippen LogP contribution is 2.08. The summed E-state index contributed by atoms with van der Waals surface area (Å²) in [5, 5.41) is 3.07. The monoisotopic (exact) mass is 314 g/mol.